The Morgan fingerprint density at radius 2 is 1.78 bits per heavy atom. The Morgan fingerprint density at radius 3 is 2.33 bits per heavy atom. The van der Waals surface area contributed by atoms with Gasteiger partial charge >= 0.3 is 6.18 Å². The van der Waals surface area contributed by atoms with Crippen LogP contribution in [0.5, 0.6) is 0 Å². The summed E-state index contributed by atoms with van der Waals surface area (Å²) in [6, 6.07) is 5.77. The number of carbonyl (C=O) groups is 2. The maximum atomic E-state index is 13.0. The highest BCUT2D eigenvalue weighted by Crippen LogP contribution is 2.30. The number of carbonyl (C=O) groups excluding carboxylic acids is 2. The lowest BCUT2D eigenvalue weighted by Gasteiger charge is -2.08. The molecule has 7 nitrogen and oxygen atoms in total. The molecule has 0 radical (unpaired) electrons. The molecule has 1 N–H and O–H groups in total. The number of hydrogen-bond donors (Lipinski definition) is 1. The van der Waals surface area contributed by atoms with Crippen LogP contribution in [0.2, 0.25) is 0 Å². The van der Waals surface area contributed by atoms with Gasteiger partial charge < -0.3 is 9.88 Å². The van der Waals surface area contributed by atoms with Crippen LogP contribution in [-0.2, 0) is 20.3 Å². The number of aromatic nitrogens is 4. The Balaban J connectivity index is 1.79. The maximum Gasteiger partial charge on any atom is 0.435 e. The lowest BCUT2D eigenvalue weighted by atomic mass is 10.1. The third kappa shape index (κ3) is 3.73. The van der Waals surface area contributed by atoms with Gasteiger partial charge in [0.1, 0.15) is 0 Å². The molecular formula is C17H14F3N5O2. The molecule has 2 aromatic heterocycles. The second-order valence-electron chi connectivity index (χ2n) is 5.79. The summed E-state index contributed by atoms with van der Waals surface area (Å²) in [4.78, 5) is 28.5. The largest absolute Gasteiger partial charge is 0.435 e. The molecule has 0 aliphatic carbocycles. The van der Waals surface area contributed by atoms with Gasteiger partial charge in [0.05, 0.1) is 5.56 Å². The van der Waals surface area contributed by atoms with E-state index >= 15 is 0 Å². The molecule has 27 heavy (non-hydrogen) atoms. The van der Waals surface area contributed by atoms with Crippen molar-refractivity contribution in [1.82, 2.24) is 19.3 Å². The Morgan fingerprint density at radius 1 is 1.11 bits per heavy atom. The van der Waals surface area contributed by atoms with Gasteiger partial charge in [-0.1, -0.05) is 0 Å². The molecule has 0 aliphatic rings. The number of alkyl halides is 3. The van der Waals surface area contributed by atoms with Gasteiger partial charge in [0.2, 0.25) is 5.78 Å². The second kappa shape index (κ2) is 6.71. The maximum absolute atomic E-state index is 13.0. The van der Waals surface area contributed by atoms with E-state index in [0.717, 1.165) is 10.9 Å². The number of benzene rings is 1. The number of nitrogens with zero attached hydrogens (tertiary/aromatic N) is 4. The monoisotopic (exact) mass is 377 g/mol. The molecule has 0 saturated carbocycles. The van der Waals surface area contributed by atoms with Crippen molar-refractivity contribution in [3.63, 3.8) is 0 Å². The fraction of sp³-hybridized carbons (Fsp3) is 0.176. The third-order valence-electron chi connectivity index (χ3n) is 3.77. The van der Waals surface area contributed by atoms with Crippen LogP contribution < -0.4 is 5.32 Å². The minimum atomic E-state index is -4.74. The number of amides is 1. The van der Waals surface area contributed by atoms with Gasteiger partial charge in [-0.25, -0.2) is 4.98 Å². The number of hydrogen-bond acceptors (Lipinski definition) is 4. The van der Waals surface area contributed by atoms with Crippen molar-refractivity contribution >= 4 is 17.4 Å². The Kier molecular flexibility index (Phi) is 4.56. The summed E-state index contributed by atoms with van der Waals surface area (Å²) >= 11 is 0. The van der Waals surface area contributed by atoms with Crippen LogP contribution in [0, 0.1) is 0 Å². The molecule has 0 fully saturated rings. The zero-order valence-corrected chi connectivity index (χ0v) is 14.3. The van der Waals surface area contributed by atoms with Crippen LogP contribution in [0.3, 0.4) is 0 Å². The first-order chi connectivity index (χ1) is 12.7. The molecule has 1 aromatic carbocycles. The first-order valence-electron chi connectivity index (χ1n) is 7.71. The molecule has 0 unspecified atom stereocenters. The van der Waals surface area contributed by atoms with E-state index in [1.54, 1.807) is 17.8 Å². The van der Waals surface area contributed by atoms with Gasteiger partial charge in [-0.2, -0.15) is 18.3 Å². The molecule has 1 amide bonds. The summed E-state index contributed by atoms with van der Waals surface area (Å²) in [7, 11) is 2.98. The minimum absolute atomic E-state index is 0.244. The molecule has 3 aromatic rings. The number of nitrogens with one attached hydrogen (secondary N) is 1. The molecule has 0 atom stereocenters. The average Bonchev–Trinajstić information content (AvgIpc) is 3.20. The van der Waals surface area contributed by atoms with Crippen molar-refractivity contribution in [2.45, 2.75) is 6.18 Å². The predicted molar refractivity (Wildman–Crippen MR) is 89.2 cm³/mol. The Bertz CT molecular complexity index is 1000. The summed E-state index contributed by atoms with van der Waals surface area (Å²) in [5, 5.41) is 5.67. The van der Waals surface area contributed by atoms with Crippen LogP contribution in [0.15, 0.2) is 42.9 Å². The highest BCUT2D eigenvalue weighted by molar-refractivity contribution is 6.08. The van der Waals surface area contributed by atoms with Gasteiger partial charge in [0.15, 0.2) is 11.5 Å². The van der Waals surface area contributed by atoms with Gasteiger partial charge in [-0.05, 0) is 24.3 Å². The molecule has 2 heterocycles. The van der Waals surface area contributed by atoms with Gasteiger partial charge in [-0.15, -0.1) is 0 Å². The Hall–Kier alpha value is -3.43. The van der Waals surface area contributed by atoms with E-state index in [0.29, 0.717) is 5.56 Å². The molecular weight excluding hydrogens is 363 g/mol. The van der Waals surface area contributed by atoms with Crippen molar-refractivity contribution in [2.75, 3.05) is 5.32 Å². The fourth-order valence-electron chi connectivity index (χ4n) is 2.48. The van der Waals surface area contributed by atoms with Crippen molar-refractivity contribution in [3.8, 4) is 0 Å². The normalized spacial score (nSPS) is 11.4. The Labute approximate surface area is 151 Å². The van der Waals surface area contributed by atoms with E-state index in [2.05, 4.69) is 15.4 Å². The number of imidazole rings is 1. The lowest BCUT2D eigenvalue weighted by molar-refractivity contribution is -0.141. The van der Waals surface area contributed by atoms with Crippen LogP contribution in [0.1, 0.15) is 32.2 Å². The lowest BCUT2D eigenvalue weighted by Crippen LogP contribution is -2.18. The number of ketones is 1. The van der Waals surface area contributed by atoms with Crippen molar-refractivity contribution in [1.29, 1.82) is 0 Å². The van der Waals surface area contributed by atoms with E-state index in [4.69, 9.17) is 0 Å². The number of anilines is 1. The van der Waals surface area contributed by atoms with Crippen LogP contribution in [0.4, 0.5) is 18.9 Å². The quantitative estimate of drug-likeness (QED) is 0.709. The van der Waals surface area contributed by atoms with Gasteiger partial charge in [0.25, 0.3) is 5.91 Å². The predicted octanol–water partition coefficient (Wildman–Crippen LogP) is 2.66. The standard InChI is InChI=1S/C17H14F3N5O2/c1-24-8-7-21-15(24)13(26)10-3-5-11(6-4-10)22-16(27)12-9-25(2)23-14(12)17(18,19)20/h3-9H,1-2H3,(H,22,27). The second-order valence-corrected chi connectivity index (χ2v) is 5.79. The van der Waals surface area contributed by atoms with E-state index in [1.807, 2.05) is 0 Å². The highest BCUT2D eigenvalue weighted by atomic mass is 19.4. The molecule has 0 aliphatic heterocycles. The zero-order chi connectivity index (χ0) is 19.8. The first-order valence-corrected chi connectivity index (χ1v) is 7.71. The molecule has 140 valence electrons. The molecule has 0 spiro atoms. The zero-order valence-electron chi connectivity index (χ0n) is 14.3. The summed E-state index contributed by atoms with van der Waals surface area (Å²) in [6.45, 7) is 0. The van der Waals surface area contributed by atoms with E-state index < -0.39 is 23.3 Å². The fourth-order valence-corrected chi connectivity index (χ4v) is 2.48. The highest BCUT2D eigenvalue weighted by Gasteiger charge is 2.39. The number of halogens is 3. The van der Waals surface area contributed by atoms with E-state index in [9.17, 15) is 22.8 Å². The molecule has 3 rings (SSSR count). The number of aryl methyl sites for hydroxylation is 2. The van der Waals surface area contributed by atoms with Crippen LogP contribution in [-0.4, -0.2) is 31.0 Å². The van der Waals surface area contributed by atoms with Crippen LogP contribution >= 0.6 is 0 Å². The smallest absolute Gasteiger partial charge is 0.331 e. The van der Waals surface area contributed by atoms with E-state index in [1.165, 1.54) is 37.5 Å². The van der Waals surface area contributed by atoms with Crippen molar-refractivity contribution < 1.29 is 22.8 Å². The minimum Gasteiger partial charge on any atom is -0.331 e. The third-order valence-corrected chi connectivity index (χ3v) is 3.77. The SMILES string of the molecule is Cn1cc(C(=O)Nc2ccc(C(=O)c3nccn3C)cc2)c(C(F)(F)F)n1. The van der Waals surface area contributed by atoms with Gasteiger partial charge in [-0.3, -0.25) is 14.3 Å². The summed E-state index contributed by atoms with van der Waals surface area (Å²) < 4.78 is 41.4. The summed E-state index contributed by atoms with van der Waals surface area (Å²) in [5.74, 6) is -1.01. The molecule has 0 saturated heterocycles. The van der Waals surface area contributed by atoms with Crippen LogP contribution in [0.25, 0.3) is 0 Å². The molecule has 10 heteroatoms. The average molecular weight is 377 g/mol. The van der Waals surface area contributed by atoms with Crippen molar-refractivity contribution in [2.24, 2.45) is 14.1 Å². The molecule has 0 bridgehead atoms. The number of rotatable bonds is 4. The topological polar surface area (TPSA) is 81.8 Å². The first kappa shape index (κ1) is 18.4. The summed E-state index contributed by atoms with van der Waals surface area (Å²) in [5.41, 5.74) is -1.27. The van der Waals surface area contributed by atoms with Gasteiger partial charge in [0, 0.05) is 43.9 Å². The summed E-state index contributed by atoms with van der Waals surface area (Å²) in [6.07, 6.45) is -0.620. The van der Waals surface area contributed by atoms with Crippen molar-refractivity contribution in [3.05, 3.63) is 65.5 Å². The van der Waals surface area contributed by atoms with E-state index in [-0.39, 0.29) is 17.3 Å².